The summed E-state index contributed by atoms with van der Waals surface area (Å²) in [6, 6.07) is 7.81. The zero-order chi connectivity index (χ0) is 16.3. The van der Waals surface area contributed by atoms with E-state index in [9.17, 15) is 18.0 Å². The van der Waals surface area contributed by atoms with Crippen LogP contribution in [-0.2, 0) is 9.53 Å². The van der Waals surface area contributed by atoms with Crippen LogP contribution in [0.25, 0.3) is 5.57 Å². The molecule has 0 amide bonds. The highest BCUT2D eigenvalue weighted by Gasteiger charge is 2.45. The first-order valence-corrected chi connectivity index (χ1v) is 6.63. The van der Waals surface area contributed by atoms with Gasteiger partial charge in [0.2, 0.25) is 0 Å². The van der Waals surface area contributed by atoms with E-state index in [-0.39, 0.29) is 12.2 Å². The Kier molecular flexibility index (Phi) is 5.20. The van der Waals surface area contributed by atoms with Gasteiger partial charge in [0.15, 0.2) is 0 Å². The van der Waals surface area contributed by atoms with Crippen LogP contribution in [0.15, 0.2) is 35.9 Å². The molecule has 0 radical (unpaired) electrons. The highest BCUT2D eigenvalue weighted by atomic mass is 19.4. The molecule has 21 heavy (non-hydrogen) atoms. The average molecular weight is 300 g/mol. The highest BCUT2D eigenvalue weighted by molar-refractivity contribution is 6.18. The molecule has 0 aliphatic carbocycles. The van der Waals surface area contributed by atoms with Gasteiger partial charge in [-0.2, -0.15) is 13.2 Å². The number of alkyl halides is 3. The quantitative estimate of drug-likeness (QED) is 0.602. The maximum Gasteiger partial charge on any atom is 0.414 e. The van der Waals surface area contributed by atoms with Crippen LogP contribution in [-0.4, -0.2) is 18.8 Å². The van der Waals surface area contributed by atoms with E-state index in [4.69, 9.17) is 4.74 Å². The summed E-state index contributed by atoms with van der Waals surface area (Å²) in [4.78, 5) is 12.1. The van der Waals surface area contributed by atoms with Gasteiger partial charge in [0, 0.05) is 0 Å². The molecule has 2 nitrogen and oxygen atoms in total. The molecular weight excluding hydrogens is 281 g/mol. The summed E-state index contributed by atoms with van der Waals surface area (Å²) >= 11 is 0. The van der Waals surface area contributed by atoms with E-state index in [0.29, 0.717) is 0 Å². The van der Waals surface area contributed by atoms with Gasteiger partial charge < -0.3 is 4.74 Å². The third-order valence-electron chi connectivity index (χ3n) is 2.83. The van der Waals surface area contributed by atoms with Crippen molar-refractivity contribution < 1.29 is 22.7 Å². The minimum Gasteiger partial charge on any atom is -0.462 e. The number of allylic oxidation sites excluding steroid dienone is 1. The smallest absolute Gasteiger partial charge is 0.414 e. The molecular formula is C16H19F3O2. The maximum atomic E-state index is 13.5. The largest absolute Gasteiger partial charge is 0.462 e. The molecule has 116 valence electrons. The van der Waals surface area contributed by atoms with Crippen molar-refractivity contribution >= 4 is 11.5 Å². The molecule has 0 spiro atoms. The number of ether oxygens (including phenoxy) is 1. The van der Waals surface area contributed by atoms with Crippen molar-refractivity contribution in [3.63, 3.8) is 0 Å². The van der Waals surface area contributed by atoms with Crippen LogP contribution in [0, 0.1) is 5.41 Å². The van der Waals surface area contributed by atoms with E-state index in [1.165, 1.54) is 32.9 Å². The van der Waals surface area contributed by atoms with Crippen molar-refractivity contribution in [1.29, 1.82) is 0 Å². The number of benzene rings is 1. The number of hydrogen-bond donors (Lipinski definition) is 0. The number of hydrogen-bond acceptors (Lipinski definition) is 2. The van der Waals surface area contributed by atoms with Crippen molar-refractivity contribution in [2.45, 2.75) is 33.9 Å². The fourth-order valence-electron chi connectivity index (χ4n) is 2.11. The standard InChI is InChI=1S/C16H19F3O2/c1-5-21-14(20)12(11-9-7-6-8-10-11)13(15(2,3)4)16(17,18)19/h6-10H,5H2,1-4H3/b13-12-. The maximum absolute atomic E-state index is 13.5. The fourth-order valence-corrected chi connectivity index (χ4v) is 2.11. The predicted octanol–water partition coefficient (Wildman–Crippen LogP) is 4.61. The van der Waals surface area contributed by atoms with Crippen LogP contribution < -0.4 is 0 Å². The molecule has 0 heterocycles. The summed E-state index contributed by atoms with van der Waals surface area (Å²) in [6.07, 6.45) is -4.61. The van der Waals surface area contributed by atoms with Crippen LogP contribution in [0.3, 0.4) is 0 Å². The Bertz CT molecular complexity index is 507. The molecule has 0 aromatic heterocycles. The molecule has 0 saturated carbocycles. The highest BCUT2D eigenvalue weighted by Crippen LogP contribution is 2.43. The predicted molar refractivity (Wildman–Crippen MR) is 75.5 cm³/mol. The van der Waals surface area contributed by atoms with Crippen LogP contribution >= 0.6 is 0 Å². The van der Waals surface area contributed by atoms with Gasteiger partial charge in [-0.15, -0.1) is 0 Å². The van der Waals surface area contributed by atoms with Gasteiger partial charge in [0.25, 0.3) is 0 Å². The van der Waals surface area contributed by atoms with Crippen molar-refractivity contribution in [2.75, 3.05) is 6.61 Å². The topological polar surface area (TPSA) is 26.3 Å². The van der Waals surface area contributed by atoms with E-state index in [1.807, 2.05) is 0 Å². The fraction of sp³-hybridized carbons (Fsp3) is 0.438. The van der Waals surface area contributed by atoms with Crippen molar-refractivity contribution in [2.24, 2.45) is 5.41 Å². The molecule has 1 aromatic carbocycles. The molecule has 0 unspecified atom stereocenters. The Morgan fingerprint density at radius 3 is 2.00 bits per heavy atom. The van der Waals surface area contributed by atoms with Crippen LogP contribution in [0.5, 0.6) is 0 Å². The Morgan fingerprint density at radius 2 is 1.62 bits per heavy atom. The van der Waals surface area contributed by atoms with Gasteiger partial charge in [-0.05, 0) is 17.9 Å². The Hall–Kier alpha value is -1.78. The number of halogens is 3. The first-order valence-electron chi connectivity index (χ1n) is 6.63. The second-order valence-electron chi connectivity index (χ2n) is 5.58. The third-order valence-corrected chi connectivity index (χ3v) is 2.83. The van der Waals surface area contributed by atoms with Crippen molar-refractivity contribution in [3.05, 3.63) is 41.5 Å². The zero-order valence-corrected chi connectivity index (χ0v) is 12.5. The lowest BCUT2D eigenvalue weighted by molar-refractivity contribution is -0.137. The minimum absolute atomic E-state index is 0.0183. The zero-order valence-electron chi connectivity index (χ0n) is 12.5. The minimum atomic E-state index is -4.61. The molecule has 5 heteroatoms. The van der Waals surface area contributed by atoms with Gasteiger partial charge >= 0.3 is 12.1 Å². The first-order chi connectivity index (χ1) is 9.59. The lowest BCUT2D eigenvalue weighted by Gasteiger charge is -2.28. The summed E-state index contributed by atoms with van der Waals surface area (Å²) in [5.41, 5.74) is -2.33. The third kappa shape index (κ3) is 4.34. The molecule has 0 aliphatic heterocycles. The second-order valence-corrected chi connectivity index (χ2v) is 5.58. The van der Waals surface area contributed by atoms with Crippen LogP contribution in [0.2, 0.25) is 0 Å². The number of esters is 1. The SMILES string of the molecule is CCOC(=O)/C(=C(/C(C)(C)C)C(F)(F)F)c1ccccc1. The van der Waals surface area contributed by atoms with Gasteiger partial charge in [0.1, 0.15) is 0 Å². The van der Waals surface area contributed by atoms with E-state index in [0.717, 1.165) is 0 Å². The summed E-state index contributed by atoms with van der Waals surface area (Å²) in [5.74, 6) is -0.953. The molecule has 0 bridgehead atoms. The van der Waals surface area contributed by atoms with Gasteiger partial charge in [0.05, 0.1) is 17.8 Å². The molecule has 0 atom stereocenters. The molecule has 1 aromatic rings. The molecule has 0 N–H and O–H groups in total. The first kappa shape index (κ1) is 17.3. The normalized spacial score (nSPS) is 13.7. The van der Waals surface area contributed by atoms with Gasteiger partial charge in [-0.3, -0.25) is 0 Å². The number of carbonyl (C=O) groups excluding carboxylic acids is 1. The van der Waals surface area contributed by atoms with Crippen LogP contribution in [0.1, 0.15) is 33.3 Å². The average Bonchev–Trinajstić information content (AvgIpc) is 2.34. The monoisotopic (exact) mass is 300 g/mol. The van der Waals surface area contributed by atoms with E-state index in [2.05, 4.69) is 0 Å². The van der Waals surface area contributed by atoms with Crippen molar-refractivity contribution in [3.8, 4) is 0 Å². The molecule has 0 aliphatic rings. The van der Waals surface area contributed by atoms with E-state index in [1.54, 1.807) is 25.1 Å². The Balaban J connectivity index is 3.66. The molecule has 0 saturated heterocycles. The number of rotatable bonds is 3. The summed E-state index contributed by atoms with van der Waals surface area (Å²) < 4.78 is 45.3. The van der Waals surface area contributed by atoms with Crippen LogP contribution in [0.4, 0.5) is 13.2 Å². The Labute approximate surface area is 122 Å². The lowest BCUT2D eigenvalue weighted by atomic mass is 9.81. The summed E-state index contributed by atoms with van der Waals surface area (Å²) in [6.45, 7) is 5.86. The van der Waals surface area contributed by atoms with Gasteiger partial charge in [-0.25, -0.2) is 4.79 Å². The summed E-state index contributed by atoms with van der Waals surface area (Å²) in [7, 11) is 0. The van der Waals surface area contributed by atoms with E-state index < -0.39 is 28.7 Å². The molecule has 1 rings (SSSR count). The second kappa shape index (κ2) is 6.33. The Morgan fingerprint density at radius 1 is 1.10 bits per heavy atom. The molecule has 0 fully saturated rings. The summed E-state index contributed by atoms with van der Waals surface area (Å²) in [5, 5.41) is 0. The van der Waals surface area contributed by atoms with Gasteiger partial charge in [-0.1, -0.05) is 51.1 Å². The van der Waals surface area contributed by atoms with Crippen molar-refractivity contribution in [1.82, 2.24) is 0 Å². The van der Waals surface area contributed by atoms with E-state index >= 15 is 0 Å². The number of carbonyl (C=O) groups is 1. The lowest BCUT2D eigenvalue weighted by Crippen LogP contribution is -2.28.